The summed E-state index contributed by atoms with van der Waals surface area (Å²) in [6.45, 7) is 4.48. The molecule has 2 saturated heterocycles. The van der Waals surface area contributed by atoms with Crippen LogP contribution in [0.4, 0.5) is 5.69 Å². The fourth-order valence-electron chi connectivity index (χ4n) is 3.16. The van der Waals surface area contributed by atoms with Crippen LogP contribution in [0, 0.1) is 0 Å². The number of ether oxygens (including phenoxy) is 2. The van der Waals surface area contributed by atoms with Gasteiger partial charge < -0.3 is 24.2 Å². The van der Waals surface area contributed by atoms with Gasteiger partial charge in [0.05, 0.1) is 19.3 Å². The van der Waals surface area contributed by atoms with Crippen LogP contribution in [-0.2, 0) is 9.47 Å². The van der Waals surface area contributed by atoms with Crippen molar-refractivity contribution in [3.8, 4) is 11.4 Å². The molecule has 8 nitrogen and oxygen atoms in total. The van der Waals surface area contributed by atoms with Crippen LogP contribution >= 0.6 is 0 Å². The minimum atomic E-state index is -0.371. The summed E-state index contributed by atoms with van der Waals surface area (Å²) in [5, 5.41) is 6.70. The molecule has 2 aliphatic rings. The van der Waals surface area contributed by atoms with E-state index in [4.69, 9.17) is 14.0 Å². The molecule has 3 heterocycles. The van der Waals surface area contributed by atoms with Crippen LogP contribution in [-0.4, -0.2) is 61.6 Å². The first kappa shape index (κ1) is 17.0. The van der Waals surface area contributed by atoms with Crippen LogP contribution in [0.1, 0.15) is 23.5 Å². The van der Waals surface area contributed by atoms with E-state index in [2.05, 4.69) is 20.4 Å². The molecule has 2 fully saturated rings. The van der Waals surface area contributed by atoms with E-state index < -0.39 is 0 Å². The number of nitrogens with zero attached hydrogens (tertiary/aromatic N) is 3. The lowest BCUT2D eigenvalue weighted by Gasteiger charge is -2.28. The second-order valence-corrected chi connectivity index (χ2v) is 6.41. The third-order valence-corrected chi connectivity index (χ3v) is 4.64. The van der Waals surface area contributed by atoms with E-state index in [0.29, 0.717) is 12.4 Å². The third-order valence-electron chi connectivity index (χ3n) is 4.64. The molecule has 1 aromatic heterocycles. The van der Waals surface area contributed by atoms with E-state index >= 15 is 0 Å². The highest BCUT2D eigenvalue weighted by molar-refractivity contribution is 5.89. The second kappa shape index (κ2) is 7.84. The van der Waals surface area contributed by atoms with Gasteiger partial charge in [-0.05, 0) is 37.1 Å². The minimum Gasteiger partial charge on any atom is -0.378 e. The van der Waals surface area contributed by atoms with Gasteiger partial charge in [0.15, 0.2) is 0 Å². The Labute approximate surface area is 151 Å². The molecule has 1 atom stereocenters. The van der Waals surface area contributed by atoms with Crippen LogP contribution in [0.2, 0.25) is 0 Å². The molecular formula is C18H22N4O4. The summed E-state index contributed by atoms with van der Waals surface area (Å²) in [5.41, 5.74) is 1.94. The molecular weight excluding hydrogens is 336 g/mol. The van der Waals surface area contributed by atoms with E-state index in [9.17, 15) is 4.79 Å². The molecule has 2 aliphatic heterocycles. The molecule has 0 radical (unpaired) electrons. The van der Waals surface area contributed by atoms with Gasteiger partial charge in [0, 0.05) is 37.5 Å². The Morgan fingerprint density at radius 2 is 2.00 bits per heavy atom. The Hall–Kier alpha value is -2.45. The van der Waals surface area contributed by atoms with Crippen molar-refractivity contribution in [2.75, 3.05) is 44.4 Å². The van der Waals surface area contributed by atoms with Gasteiger partial charge in [-0.15, -0.1) is 0 Å². The summed E-state index contributed by atoms with van der Waals surface area (Å²) >= 11 is 0. The zero-order chi connectivity index (χ0) is 17.8. The van der Waals surface area contributed by atoms with Gasteiger partial charge in [0.25, 0.3) is 0 Å². The average molecular weight is 358 g/mol. The fourth-order valence-corrected chi connectivity index (χ4v) is 3.16. The first-order chi connectivity index (χ1) is 12.8. The van der Waals surface area contributed by atoms with Gasteiger partial charge in [-0.2, -0.15) is 4.98 Å². The molecule has 0 spiro atoms. The number of carbonyl (C=O) groups is 1. The number of morpholine rings is 1. The third kappa shape index (κ3) is 3.86. The van der Waals surface area contributed by atoms with E-state index in [1.165, 1.54) is 0 Å². The normalized spacial score (nSPS) is 20.3. The Kier molecular flexibility index (Phi) is 5.12. The largest absolute Gasteiger partial charge is 0.378 e. The SMILES string of the molecule is O=C(NC[C@H]1CCCO1)c1nc(-c2ccc(N3CCOCC3)cc2)no1. The van der Waals surface area contributed by atoms with Gasteiger partial charge >= 0.3 is 11.8 Å². The lowest BCUT2D eigenvalue weighted by molar-refractivity contribution is 0.0822. The average Bonchev–Trinajstić information content (AvgIpc) is 3.39. The molecule has 0 bridgehead atoms. The zero-order valence-corrected chi connectivity index (χ0v) is 14.5. The summed E-state index contributed by atoms with van der Waals surface area (Å²) in [6.07, 6.45) is 2.07. The number of hydrogen-bond donors (Lipinski definition) is 1. The standard InChI is InChI=1S/C18H22N4O4/c23-17(19-12-15-2-1-9-25-15)18-20-16(21-26-18)13-3-5-14(6-4-13)22-7-10-24-11-8-22/h3-6,15H,1-2,7-12H2,(H,19,23)/t15-/m1/s1. The topological polar surface area (TPSA) is 89.7 Å². The van der Waals surface area contributed by atoms with Crippen LogP contribution in [0.15, 0.2) is 28.8 Å². The molecule has 2 aromatic rings. The number of carbonyl (C=O) groups excluding carboxylic acids is 1. The highest BCUT2D eigenvalue weighted by atomic mass is 16.5. The zero-order valence-electron chi connectivity index (χ0n) is 14.5. The molecule has 1 aromatic carbocycles. The number of amides is 1. The van der Waals surface area contributed by atoms with Gasteiger partial charge in [0.1, 0.15) is 0 Å². The molecule has 1 amide bonds. The van der Waals surface area contributed by atoms with Crippen molar-refractivity contribution in [2.45, 2.75) is 18.9 Å². The van der Waals surface area contributed by atoms with Crippen molar-refractivity contribution in [1.29, 1.82) is 0 Å². The number of rotatable bonds is 5. The van der Waals surface area contributed by atoms with Crippen molar-refractivity contribution >= 4 is 11.6 Å². The molecule has 8 heteroatoms. The highest BCUT2D eigenvalue weighted by Gasteiger charge is 2.20. The van der Waals surface area contributed by atoms with Crippen molar-refractivity contribution in [3.63, 3.8) is 0 Å². The molecule has 138 valence electrons. The quantitative estimate of drug-likeness (QED) is 0.866. The van der Waals surface area contributed by atoms with E-state index in [1.54, 1.807) is 0 Å². The van der Waals surface area contributed by atoms with Gasteiger partial charge in [0.2, 0.25) is 5.82 Å². The maximum Gasteiger partial charge on any atom is 0.316 e. The van der Waals surface area contributed by atoms with Crippen molar-refractivity contribution in [1.82, 2.24) is 15.5 Å². The lowest BCUT2D eigenvalue weighted by atomic mass is 10.2. The van der Waals surface area contributed by atoms with Gasteiger partial charge in [-0.25, -0.2) is 0 Å². The maximum atomic E-state index is 12.1. The predicted octanol–water partition coefficient (Wildman–Crippen LogP) is 1.48. The second-order valence-electron chi connectivity index (χ2n) is 6.41. The predicted molar refractivity (Wildman–Crippen MR) is 94.1 cm³/mol. The number of benzene rings is 1. The van der Waals surface area contributed by atoms with Gasteiger partial charge in [-0.3, -0.25) is 4.79 Å². The van der Waals surface area contributed by atoms with Gasteiger partial charge in [-0.1, -0.05) is 5.16 Å². The Morgan fingerprint density at radius 1 is 1.19 bits per heavy atom. The van der Waals surface area contributed by atoms with Crippen LogP contribution in [0.3, 0.4) is 0 Å². The molecule has 1 N–H and O–H groups in total. The number of aromatic nitrogens is 2. The van der Waals surface area contributed by atoms with E-state index in [-0.39, 0.29) is 17.9 Å². The van der Waals surface area contributed by atoms with Crippen LogP contribution in [0.25, 0.3) is 11.4 Å². The van der Waals surface area contributed by atoms with E-state index in [1.807, 2.05) is 24.3 Å². The lowest BCUT2D eigenvalue weighted by Crippen LogP contribution is -2.36. The minimum absolute atomic E-state index is 0.0322. The first-order valence-electron chi connectivity index (χ1n) is 8.96. The van der Waals surface area contributed by atoms with Crippen molar-refractivity contribution in [2.24, 2.45) is 0 Å². The number of nitrogens with one attached hydrogen (secondary N) is 1. The Morgan fingerprint density at radius 3 is 2.73 bits per heavy atom. The summed E-state index contributed by atoms with van der Waals surface area (Å²) in [6, 6.07) is 7.91. The molecule has 4 rings (SSSR count). The highest BCUT2D eigenvalue weighted by Crippen LogP contribution is 2.22. The maximum absolute atomic E-state index is 12.1. The van der Waals surface area contributed by atoms with Crippen LogP contribution in [0.5, 0.6) is 0 Å². The van der Waals surface area contributed by atoms with Crippen molar-refractivity contribution < 1.29 is 18.8 Å². The summed E-state index contributed by atoms with van der Waals surface area (Å²) < 4.78 is 16.0. The Bertz CT molecular complexity index is 734. The summed E-state index contributed by atoms with van der Waals surface area (Å²) in [4.78, 5) is 18.6. The monoisotopic (exact) mass is 358 g/mol. The molecule has 0 unspecified atom stereocenters. The molecule has 26 heavy (non-hydrogen) atoms. The fraction of sp³-hybridized carbons (Fsp3) is 0.500. The summed E-state index contributed by atoms with van der Waals surface area (Å²) in [7, 11) is 0. The van der Waals surface area contributed by atoms with E-state index in [0.717, 1.165) is 57.0 Å². The smallest absolute Gasteiger partial charge is 0.316 e. The first-order valence-corrected chi connectivity index (χ1v) is 8.96. The molecule has 0 aliphatic carbocycles. The van der Waals surface area contributed by atoms with Crippen LogP contribution < -0.4 is 10.2 Å². The van der Waals surface area contributed by atoms with Crippen molar-refractivity contribution in [3.05, 3.63) is 30.2 Å². The summed E-state index contributed by atoms with van der Waals surface area (Å²) in [5.74, 6) is 0.000216. The number of anilines is 1. The molecule has 0 saturated carbocycles. The Balaban J connectivity index is 1.38. The number of hydrogen-bond acceptors (Lipinski definition) is 7.